The van der Waals surface area contributed by atoms with Crippen molar-refractivity contribution in [2.45, 2.75) is 38.5 Å². The summed E-state index contributed by atoms with van der Waals surface area (Å²) in [7, 11) is 0. The molecule has 1 aliphatic rings. The van der Waals surface area contributed by atoms with Gasteiger partial charge in [-0.2, -0.15) is 0 Å². The molecule has 1 heterocycles. The number of aryl methyl sites for hydroxylation is 1. The largest absolute Gasteiger partial charge is 0.573 e. The molecule has 0 aliphatic heterocycles. The van der Waals surface area contributed by atoms with Gasteiger partial charge in [0.05, 0.1) is 5.52 Å². The van der Waals surface area contributed by atoms with Crippen LogP contribution in [0, 0.1) is 0 Å². The van der Waals surface area contributed by atoms with Crippen LogP contribution in [-0.4, -0.2) is 11.3 Å². The van der Waals surface area contributed by atoms with E-state index >= 15 is 0 Å². The first-order chi connectivity index (χ1) is 9.94. The maximum absolute atomic E-state index is 12.3. The number of rotatable bonds is 1. The highest BCUT2D eigenvalue weighted by atomic mass is 19.4. The molecule has 1 aliphatic carbocycles. The molecule has 3 rings (SSSR count). The molecule has 2 aromatic rings. The third kappa shape index (κ3) is 2.89. The molecule has 0 saturated carbocycles. The molecule has 0 amide bonds. The number of aromatic nitrogens is 1. The number of ether oxygens (including phenoxy) is 1. The number of pyridine rings is 1. The number of benzene rings is 1. The summed E-state index contributed by atoms with van der Waals surface area (Å²) in [5.41, 5.74) is 9.26. The zero-order valence-electron chi connectivity index (χ0n) is 11.3. The minimum atomic E-state index is -4.71. The molecule has 0 fully saturated rings. The van der Waals surface area contributed by atoms with Crippen LogP contribution in [0.4, 0.5) is 18.9 Å². The number of alkyl halides is 3. The SMILES string of the molecule is Nc1c2c(nc3ccc(OC(F)(F)F)cc13)CCCCC2. The lowest BCUT2D eigenvalue weighted by atomic mass is 10.0. The van der Waals surface area contributed by atoms with E-state index in [9.17, 15) is 13.2 Å². The second-order valence-electron chi connectivity index (χ2n) is 5.24. The van der Waals surface area contributed by atoms with Crippen LogP contribution in [0.2, 0.25) is 0 Å². The van der Waals surface area contributed by atoms with E-state index in [4.69, 9.17) is 5.73 Å². The van der Waals surface area contributed by atoms with E-state index in [-0.39, 0.29) is 5.75 Å². The molecule has 21 heavy (non-hydrogen) atoms. The predicted octanol–water partition coefficient (Wildman–Crippen LogP) is 3.98. The van der Waals surface area contributed by atoms with E-state index in [2.05, 4.69) is 9.72 Å². The molecule has 2 N–H and O–H groups in total. The van der Waals surface area contributed by atoms with Crippen LogP contribution in [0.1, 0.15) is 30.5 Å². The van der Waals surface area contributed by atoms with Crippen molar-refractivity contribution in [1.82, 2.24) is 4.98 Å². The zero-order chi connectivity index (χ0) is 15.0. The van der Waals surface area contributed by atoms with E-state index < -0.39 is 6.36 Å². The van der Waals surface area contributed by atoms with Crippen LogP contribution in [0.3, 0.4) is 0 Å². The summed E-state index contributed by atoms with van der Waals surface area (Å²) in [6.45, 7) is 0. The van der Waals surface area contributed by atoms with Crippen molar-refractivity contribution in [2.75, 3.05) is 5.73 Å². The molecule has 1 aromatic heterocycles. The normalized spacial score (nSPS) is 15.6. The van der Waals surface area contributed by atoms with Gasteiger partial charge in [0, 0.05) is 16.8 Å². The summed E-state index contributed by atoms with van der Waals surface area (Å²) in [5, 5.41) is 0.525. The smallest absolute Gasteiger partial charge is 0.406 e. The highest BCUT2D eigenvalue weighted by Gasteiger charge is 2.31. The number of nitrogens with two attached hydrogens (primary N) is 1. The number of nitrogen functional groups attached to an aromatic ring is 1. The summed E-state index contributed by atoms with van der Waals surface area (Å²) < 4.78 is 40.8. The van der Waals surface area contributed by atoms with Crippen molar-refractivity contribution in [3.8, 4) is 5.75 Å². The molecule has 6 heteroatoms. The van der Waals surface area contributed by atoms with Crippen molar-refractivity contribution in [3.05, 3.63) is 29.5 Å². The first kappa shape index (κ1) is 14.0. The van der Waals surface area contributed by atoms with Crippen molar-refractivity contribution < 1.29 is 17.9 Å². The second-order valence-corrected chi connectivity index (χ2v) is 5.24. The first-order valence-corrected chi connectivity index (χ1v) is 6.91. The van der Waals surface area contributed by atoms with Crippen molar-refractivity contribution in [1.29, 1.82) is 0 Å². The number of hydrogen-bond acceptors (Lipinski definition) is 3. The fourth-order valence-corrected chi connectivity index (χ4v) is 2.81. The molecular weight excluding hydrogens is 281 g/mol. The van der Waals surface area contributed by atoms with Gasteiger partial charge in [-0.3, -0.25) is 4.98 Å². The van der Waals surface area contributed by atoms with Crippen LogP contribution in [0.15, 0.2) is 18.2 Å². The molecule has 0 saturated heterocycles. The molecule has 0 atom stereocenters. The number of nitrogens with zero attached hydrogens (tertiary/aromatic N) is 1. The Balaban J connectivity index is 2.10. The summed E-state index contributed by atoms with van der Waals surface area (Å²) in [4.78, 5) is 4.56. The molecule has 1 aromatic carbocycles. The van der Waals surface area contributed by atoms with Gasteiger partial charge in [-0.25, -0.2) is 0 Å². The van der Waals surface area contributed by atoms with Crippen LogP contribution < -0.4 is 10.5 Å². The lowest BCUT2D eigenvalue weighted by Crippen LogP contribution is -2.17. The van der Waals surface area contributed by atoms with Gasteiger partial charge in [-0.05, 0) is 49.4 Å². The van der Waals surface area contributed by atoms with Gasteiger partial charge in [-0.1, -0.05) is 6.42 Å². The topological polar surface area (TPSA) is 48.1 Å². The Morgan fingerprint density at radius 2 is 1.86 bits per heavy atom. The van der Waals surface area contributed by atoms with Gasteiger partial charge in [0.2, 0.25) is 0 Å². The van der Waals surface area contributed by atoms with Gasteiger partial charge < -0.3 is 10.5 Å². The van der Waals surface area contributed by atoms with Crippen LogP contribution in [0.25, 0.3) is 10.9 Å². The van der Waals surface area contributed by atoms with Crippen molar-refractivity contribution >= 4 is 16.6 Å². The molecule has 0 bridgehead atoms. The molecule has 0 radical (unpaired) electrons. The molecule has 3 nitrogen and oxygen atoms in total. The van der Waals surface area contributed by atoms with E-state index in [0.29, 0.717) is 16.6 Å². The van der Waals surface area contributed by atoms with Gasteiger partial charge in [0.1, 0.15) is 5.75 Å². The maximum Gasteiger partial charge on any atom is 0.573 e. The van der Waals surface area contributed by atoms with E-state index in [1.807, 2.05) is 0 Å². The number of anilines is 1. The van der Waals surface area contributed by atoms with Crippen LogP contribution in [-0.2, 0) is 12.8 Å². The molecule has 112 valence electrons. The highest BCUT2D eigenvalue weighted by molar-refractivity contribution is 5.93. The Morgan fingerprint density at radius 3 is 2.62 bits per heavy atom. The van der Waals surface area contributed by atoms with Crippen molar-refractivity contribution in [2.24, 2.45) is 0 Å². The minimum absolute atomic E-state index is 0.267. The minimum Gasteiger partial charge on any atom is -0.406 e. The Kier molecular flexibility index (Phi) is 3.39. The average Bonchev–Trinajstić information content (AvgIpc) is 2.63. The fraction of sp³-hybridized carbons (Fsp3) is 0.400. The number of fused-ring (bicyclic) bond motifs is 2. The van der Waals surface area contributed by atoms with Crippen LogP contribution >= 0.6 is 0 Å². The van der Waals surface area contributed by atoms with Gasteiger partial charge in [0.15, 0.2) is 0 Å². The Bertz CT molecular complexity index is 683. The summed E-state index contributed by atoms with van der Waals surface area (Å²) >= 11 is 0. The second kappa shape index (κ2) is 5.09. The summed E-state index contributed by atoms with van der Waals surface area (Å²) in [6.07, 6.45) is 0.213. The molecule has 0 spiro atoms. The molecular formula is C15H15F3N2O. The average molecular weight is 296 g/mol. The summed E-state index contributed by atoms with van der Waals surface area (Å²) in [6, 6.07) is 4.11. The van der Waals surface area contributed by atoms with Gasteiger partial charge in [0.25, 0.3) is 0 Å². The Labute approximate surface area is 119 Å². The van der Waals surface area contributed by atoms with E-state index in [1.165, 1.54) is 18.2 Å². The quantitative estimate of drug-likeness (QED) is 0.810. The van der Waals surface area contributed by atoms with Gasteiger partial charge in [-0.15, -0.1) is 13.2 Å². The number of halogens is 3. The van der Waals surface area contributed by atoms with Crippen molar-refractivity contribution in [3.63, 3.8) is 0 Å². The highest BCUT2D eigenvalue weighted by Crippen LogP contribution is 2.33. The van der Waals surface area contributed by atoms with E-state index in [1.54, 1.807) is 0 Å². The Morgan fingerprint density at radius 1 is 1.10 bits per heavy atom. The number of hydrogen-bond donors (Lipinski definition) is 1. The lowest BCUT2D eigenvalue weighted by Gasteiger charge is -2.14. The predicted molar refractivity (Wildman–Crippen MR) is 74.1 cm³/mol. The molecule has 0 unspecified atom stereocenters. The Hall–Kier alpha value is -1.98. The summed E-state index contributed by atoms with van der Waals surface area (Å²) in [5.74, 6) is -0.267. The maximum atomic E-state index is 12.3. The van der Waals surface area contributed by atoms with Crippen LogP contribution in [0.5, 0.6) is 5.75 Å². The fourth-order valence-electron chi connectivity index (χ4n) is 2.81. The van der Waals surface area contributed by atoms with E-state index in [0.717, 1.165) is 43.4 Å². The monoisotopic (exact) mass is 296 g/mol. The third-order valence-electron chi connectivity index (χ3n) is 3.76. The third-order valence-corrected chi connectivity index (χ3v) is 3.76. The standard InChI is InChI=1S/C15H15F3N2O/c16-15(17,18)21-9-6-7-13-11(8-9)14(19)10-4-2-1-3-5-12(10)20-13/h6-8H,1-5H2,(H2,19,20). The first-order valence-electron chi connectivity index (χ1n) is 6.91. The zero-order valence-corrected chi connectivity index (χ0v) is 11.3. The lowest BCUT2D eigenvalue weighted by molar-refractivity contribution is -0.274. The van der Waals surface area contributed by atoms with Gasteiger partial charge >= 0.3 is 6.36 Å².